The molecule has 0 aromatic heterocycles. The molecule has 0 spiro atoms. The number of amidine groups is 1. The molecule has 27 heavy (non-hydrogen) atoms. The number of amides is 2. The van der Waals surface area contributed by atoms with Gasteiger partial charge in [-0.05, 0) is 37.3 Å². The molecule has 2 amide bonds. The van der Waals surface area contributed by atoms with Gasteiger partial charge in [0.25, 0.3) is 0 Å². The number of nitrogens with one attached hydrogen (secondary N) is 2. The standard InChI is InChI=1S/C18H16Cl2N4O3/c1-2-27-18(26)23-22-16-10-17(25)24(14-6-4-3-5-12(14)20)15-9-11(19)7-8-13(15)21-16/h3-9H,2,10H2,1H3,(H,21,22)(H,23,26). The molecule has 1 heterocycles. The average Bonchev–Trinajstić information content (AvgIpc) is 2.76. The minimum atomic E-state index is -0.670. The maximum absolute atomic E-state index is 13.0. The molecule has 0 aliphatic carbocycles. The SMILES string of the molecule is CCOC(=O)NNC1=Nc2ccc(Cl)cc2N(c2ccccc2Cl)C(=O)C1. The molecule has 7 nitrogen and oxygen atoms in total. The van der Waals surface area contributed by atoms with Gasteiger partial charge in [0.15, 0.2) is 0 Å². The molecule has 0 bridgehead atoms. The first kappa shape index (κ1) is 19.0. The topological polar surface area (TPSA) is 83.0 Å². The highest BCUT2D eigenvalue weighted by Crippen LogP contribution is 2.40. The summed E-state index contributed by atoms with van der Waals surface area (Å²) in [6.45, 7) is 1.91. The van der Waals surface area contributed by atoms with Crippen molar-refractivity contribution in [2.24, 2.45) is 4.99 Å². The van der Waals surface area contributed by atoms with E-state index >= 15 is 0 Å². The van der Waals surface area contributed by atoms with E-state index in [-0.39, 0.29) is 24.8 Å². The highest BCUT2D eigenvalue weighted by atomic mass is 35.5. The fourth-order valence-corrected chi connectivity index (χ4v) is 2.96. The normalized spacial score (nSPS) is 13.4. The van der Waals surface area contributed by atoms with Crippen molar-refractivity contribution in [2.45, 2.75) is 13.3 Å². The van der Waals surface area contributed by atoms with Crippen molar-refractivity contribution in [3.63, 3.8) is 0 Å². The second-order valence-corrected chi connectivity index (χ2v) is 6.36. The highest BCUT2D eigenvalue weighted by molar-refractivity contribution is 6.35. The van der Waals surface area contributed by atoms with Gasteiger partial charge in [-0.25, -0.2) is 15.2 Å². The van der Waals surface area contributed by atoms with Crippen LogP contribution in [0.3, 0.4) is 0 Å². The van der Waals surface area contributed by atoms with Crippen molar-refractivity contribution < 1.29 is 14.3 Å². The summed E-state index contributed by atoms with van der Waals surface area (Å²) in [5.74, 6) is -0.0350. The van der Waals surface area contributed by atoms with Gasteiger partial charge in [-0.15, -0.1) is 0 Å². The summed E-state index contributed by atoms with van der Waals surface area (Å²) in [6.07, 6.45) is -0.764. The number of rotatable bonds is 2. The lowest BCUT2D eigenvalue weighted by Crippen LogP contribution is -2.43. The first-order valence-corrected chi connectivity index (χ1v) is 8.88. The lowest BCUT2D eigenvalue weighted by Gasteiger charge is -2.23. The fraction of sp³-hybridized carbons (Fsp3) is 0.167. The molecular weight excluding hydrogens is 391 g/mol. The second-order valence-electron chi connectivity index (χ2n) is 5.52. The number of hydrogen-bond acceptors (Lipinski definition) is 5. The number of aliphatic imine (C=N–C) groups is 1. The van der Waals surface area contributed by atoms with Crippen molar-refractivity contribution in [3.8, 4) is 0 Å². The Morgan fingerprint density at radius 2 is 2.00 bits per heavy atom. The van der Waals surface area contributed by atoms with Gasteiger partial charge in [0, 0.05) is 5.02 Å². The van der Waals surface area contributed by atoms with Crippen LogP contribution in [0.1, 0.15) is 13.3 Å². The summed E-state index contributed by atoms with van der Waals surface area (Å²) < 4.78 is 4.78. The van der Waals surface area contributed by atoms with E-state index in [1.165, 1.54) is 4.90 Å². The van der Waals surface area contributed by atoms with Gasteiger partial charge in [-0.1, -0.05) is 35.3 Å². The maximum atomic E-state index is 13.0. The Labute approximate surface area is 165 Å². The van der Waals surface area contributed by atoms with Gasteiger partial charge in [0.1, 0.15) is 5.84 Å². The zero-order chi connectivity index (χ0) is 19.4. The Morgan fingerprint density at radius 1 is 1.22 bits per heavy atom. The molecular formula is C18H16Cl2N4O3. The molecule has 1 aliphatic heterocycles. The molecule has 0 unspecified atom stereocenters. The third kappa shape index (κ3) is 4.32. The number of carbonyl (C=O) groups excluding carboxylic acids is 2. The summed E-state index contributed by atoms with van der Waals surface area (Å²) in [5, 5.41) is 0.868. The number of fused-ring (bicyclic) bond motifs is 1. The van der Waals surface area contributed by atoms with Crippen molar-refractivity contribution in [2.75, 3.05) is 11.5 Å². The van der Waals surface area contributed by atoms with Crippen LogP contribution < -0.4 is 15.8 Å². The highest BCUT2D eigenvalue weighted by Gasteiger charge is 2.27. The van der Waals surface area contributed by atoms with E-state index in [4.69, 9.17) is 27.9 Å². The minimum absolute atomic E-state index is 0.0933. The molecule has 0 saturated heterocycles. The number of nitrogens with zero attached hydrogens (tertiary/aromatic N) is 2. The summed E-state index contributed by atoms with van der Waals surface area (Å²) in [7, 11) is 0. The minimum Gasteiger partial charge on any atom is -0.449 e. The fourth-order valence-electron chi connectivity index (χ4n) is 2.57. The number of anilines is 2. The monoisotopic (exact) mass is 406 g/mol. The number of para-hydroxylation sites is 1. The summed E-state index contributed by atoms with van der Waals surface area (Å²) in [5.41, 5.74) is 6.48. The molecule has 140 valence electrons. The predicted octanol–water partition coefficient (Wildman–Crippen LogP) is 4.34. The lowest BCUT2D eigenvalue weighted by molar-refractivity contribution is -0.116. The van der Waals surface area contributed by atoms with Gasteiger partial charge >= 0.3 is 6.09 Å². The van der Waals surface area contributed by atoms with Crippen LogP contribution in [0.4, 0.5) is 21.9 Å². The van der Waals surface area contributed by atoms with E-state index in [1.807, 2.05) is 0 Å². The first-order chi connectivity index (χ1) is 13.0. The molecule has 0 atom stereocenters. The van der Waals surface area contributed by atoms with Gasteiger partial charge in [0.05, 0.1) is 35.1 Å². The third-order valence-electron chi connectivity index (χ3n) is 3.68. The Morgan fingerprint density at radius 3 is 2.74 bits per heavy atom. The van der Waals surface area contributed by atoms with Gasteiger partial charge in [-0.2, -0.15) is 0 Å². The molecule has 2 aromatic rings. The Bertz CT molecular complexity index is 917. The quantitative estimate of drug-likeness (QED) is 0.726. The van der Waals surface area contributed by atoms with Gasteiger partial charge in [0.2, 0.25) is 5.91 Å². The van der Waals surface area contributed by atoms with E-state index in [9.17, 15) is 9.59 Å². The number of halogens is 2. The van der Waals surface area contributed by atoms with Gasteiger partial charge < -0.3 is 4.74 Å². The summed E-state index contributed by atoms with van der Waals surface area (Å²) >= 11 is 12.4. The van der Waals surface area contributed by atoms with Crippen molar-refractivity contribution in [1.82, 2.24) is 10.9 Å². The number of hydrazine groups is 1. The number of carbonyl (C=O) groups is 2. The van der Waals surface area contributed by atoms with Crippen LogP contribution in [-0.2, 0) is 9.53 Å². The van der Waals surface area contributed by atoms with Gasteiger partial charge in [-0.3, -0.25) is 15.1 Å². The first-order valence-electron chi connectivity index (χ1n) is 8.13. The smallest absolute Gasteiger partial charge is 0.425 e. The molecule has 0 saturated carbocycles. The van der Waals surface area contributed by atoms with Crippen molar-refractivity contribution >= 4 is 58.1 Å². The Hall–Kier alpha value is -2.77. The zero-order valence-electron chi connectivity index (χ0n) is 14.3. The number of ether oxygens (including phenoxy) is 1. The third-order valence-corrected chi connectivity index (χ3v) is 4.23. The molecule has 0 radical (unpaired) electrons. The van der Waals surface area contributed by atoms with E-state index in [0.717, 1.165) is 0 Å². The zero-order valence-corrected chi connectivity index (χ0v) is 15.8. The van der Waals surface area contributed by atoms with E-state index < -0.39 is 6.09 Å². The van der Waals surface area contributed by atoms with Crippen LogP contribution in [0.25, 0.3) is 0 Å². The molecule has 2 N–H and O–H groups in total. The second kappa shape index (κ2) is 8.28. The predicted molar refractivity (Wildman–Crippen MR) is 105 cm³/mol. The summed E-state index contributed by atoms with van der Waals surface area (Å²) in [6, 6.07) is 12.0. The molecule has 0 fully saturated rings. The average molecular weight is 407 g/mol. The van der Waals surface area contributed by atoms with E-state index in [0.29, 0.717) is 27.1 Å². The molecule has 2 aromatic carbocycles. The van der Waals surface area contributed by atoms with Crippen LogP contribution in [0, 0.1) is 0 Å². The summed E-state index contributed by atoms with van der Waals surface area (Å²) in [4.78, 5) is 30.4. The number of hydrogen-bond donors (Lipinski definition) is 2. The van der Waals surface area contributed by atoms with E-state index in [1.54, 1.807) is 49.4 Å². The van der Waals surface area contributed by atoms with Crippen molar-refractivity contribution in [1.29, 1.82) is 0 Å². The van der Waals surface area contributed by atoms with Crippen LogP contribution in [0.5, 0.6) is 0 Å². The molecule has 3 rings (SSSR count). The van der Waals surface area contributed by atoms with Crippen molar-refractivity contribution in [3.05, 3.63) is 52.5 Å². The number of benzene rings is 2. The van der Waals surface area contributed by atoms with Crippen LogP contribution in [-0.4, -0.2) is 24.4 Å². The van der Waals surface area contributed by atoms with Crippen LogP contribution in [0.15, 0.2) is 47.5 Å². The van der Waals surface area contributed by atoms with Crippen LogP contribution in [0.2, 0.25) is 10.0 Å². The van der Waals surface area contributed by atoms with Crippen LogP contribution >= 0.6 is 23.2 Å². The van der Waals surface area contributed by atoms with E-state index in [2.05, 4.69) is 15.8 Å². The lowest BCUT2D eigenvalue weighted by atomic mass is 10.2. The Kier molecular flexibility index (Phi) is 5.83. The Balaban J connectivity index is 1.99. The molecule has 1 aliphatic rings. The maximum Gasteiger partial charge on any atom is 0.425 e. The largest absolute Gasteiger partial charge is 0.449 e. The molecule has 9 heteroatoms.